The molecule has 0 bridgehead atoms. The molecular weight excluding hydrogens is 301 g/mol. The second kappa shape index (κ2) is 9.24. The summed E-state index contributed by atoms with van der Waals surface area (Å²) in [5, 5.41) is 0. The summed E-state index contributed by atoms with van der Waals surface area (Å²) >= 11 is 15.3. The van der Waals surface area contributed by atoms with Crippen molar-refractivity contribution in [2.45, 2.75) is 0 Å². The van der Waals surface area contributed by atoms with Crippen molar-refractivity contribution in [1.82, 2.24) is 12.3 Å². The van der Waals surface area contributed by atoms with Crippen LogP contribution in [-0.4, -0.2) is 12.3 Å². The maximum Gasteiger partial charge on any atom is 1.00 e. The molecule has 0 atom stereocenters. The number of hydrogen-bond acceptors (Lipinski definition) is 3. The van der Waals surface area contributed by atoms with Gasteiger partial charge in [-0.3, -0.25) is 0 Å². The van der Waals surface area contributed by atoms with Gasteiger partial charge in [0.25, 0.3) is 0 Å². The van der Waals surface area contributed by atoms with Crippen molar-refractivity contribution < 1.29 is 93.0 Å². The van der Waals surface area contributed by atoms with Crippen LogP contribution in [0.5, 0.6) is 0 Å². The first-order chi connectivity index (χ1) is 5.46. The molecule has 1 aromatic rings. The van der Waals surface area contributed by atoms with Gasteiger partial charge >= 0.3 is 106 Å². The molecule has 0 aliphatic heterocycles. The normalized spacial score (nSPS) is 8.20. The van der Waals surface area contributed by atoms with E-state index >= 15 is 0 Å². The van der Waals surface area contributed by atoms with Crippen LogP contribution in [0, 0.1) is 0 Å². The molecule has 1 heterocycles. The smallest absolute Gasteiger partial charge is 1.00 e. The molecule has 0 saturated carbocycles. The fourth-order valence-electron chi connectivity index (χ4n) is 0.477. The molecule has 1 rings (SSSR count). The molecule has 12 heteroatoms. The van der Waals surface area contributed by atoms with Crippen LogP contribution in [0.1, 0.15) is 4.28 Å². The summed E-state index contributed by atoms with van der Waals surface area (Å²) in [7, 11) is 0. The molecule has 0 amide bonds. The molecular formula is C3H3Cl3N3Na3O3. The van der Waals surface area contributed by atoms with E-state index in [0.717, 1.165) is 0 Å². The maximum absolute atomic E-state index is 10.8. The molecule has 0 saturated heterocycles. The fourth-order valence-corrected chi connectivity index (χ4v) is 1.05. The molecule has 0 fully saturated rings. The van der Waals surface area contributed by atoms with E-state index in [1.807, 2.05) is 0 Å². The van der Waals surface area contributed by atoms with Crippen LogP contribution >= 0.6 is 35.3 Å². The third kappa shape index (κ3) is 4.81. The Morgan fingerprint density at radius 3 is 0.933 bits per heavy atom. The maximum atomic E-state index is 10.8. The van der Waals surface area contributed by atoms with Crippen molar-refractivity contribution in [3.05, 3.63) is 31.5 Å². The Labute approximate surface area is 169 Å². The molecule has 0 radical (unpaired) electrons. The van der Waals surface area contributed by atoms with Gasteiger partial charge in [-0.15, -0.1) is 12.3 Å². The average Bonchev–Trinajstić information content (AvgIpc) is 2.08. The van der Waals surface area contributed by atoms with Crippen LogP contribution in [-0.2, 0) is 0 Å². The quantitative estimate of drug-likeness (QED) is 0.447. The van der Waals surface area contributed by atoms with Gasteiger partial charge in [0, 0.05) is 35.3 Å². The van der Waals surface area contributed by atoms with Crippen molar-refractivity contribution in [2.75, 3.05) is 0 Å². The molecule has 0 aliphatic rings. The van der Waals surface area contributed by atoms with E-state index in [4.69, 9.17) is 35.3 Å². The van der Waals surface area contributed by atoms with Crippen molar-refractivity contribution in [1.29, 1.82) is 0 Å². The molecule has 0 aromatic carbocycles. The Hall–Kier alpha value is 2.28. The number of nitrogens with zero attached hydrogens (tertiary/aromatic N) is 3. The van der Waals surface area contributed by atoms with Crippen LogP contribution in [0.4, 0.5) is 0 Å². The molecule has 0 aliphatic carbocycles. The zero-order valence-corrected chi connectivity index (χ0v) is 16.5. The Bertz CT molecular complexity index is 403. The van der Waals surface area contributed by atoms with Gasteiger partial charge < -0.3 is 4.28 Å². The van der Waals surface area contributed by atoms with E-state index in [9.17, 15) is 14.4 Å². The first kappa shape index (κ1) is 22.5. The molecule has 0 spiro atoms. The number of halogens is 3. The zero-order chi connectivity index (χ0) is 9.46. The second-order valence-corrected chi connectivity index (χ2v) is 2.70. The SMILES string of the molecule is O=c1n(Cl)c(=O)n(Cl)c(=O)n1Cl.[H-].[H-].[H-].[Na+].[Na+].[Na+]. The Morgan fingerprint density at radius 1 is 0.667 bits per heavy atom. The summed E-state index contributed by atoms with van der Waals surface area (Å²) < 4.78 is 0.254. The third-order valence-electron chi connectivity index (χ3n) is 1.01. The van der Waals surface area contributed by atoms with Gasteiger partial charge in [-0.25, -0.2) is 14.4 Å². The Kier molecular flexibility index (Phi) is 13.8. The summed E-state index contributed by atoms with van der Waals surface area (Å²) in [5.74, 6) is 0. The summed E-state index contributed by atoms with van der Waals surface area (Å²) in [6, 6.07) is 0. The Balaban J connectivity index is -0.0000000600. The van der Waals surface area contributed by atoms with Crippen LogP contribution in [0.15, 0.2) is 14.4 Å². The van der Waals surface area contributed by atoms with Gasteiger partial charge in [-0.2, -0.15) is 0 Å². The monoisotopic (exact) mass is 303 g/mol. The van der Waals surface area contributed by atoms with Crippen LogP contribution in [0.2, 0.25) is 0 Å². The first-order valence-electron chi connectivity index (χ1n) is 2.46. The van der Waals surface area contributed by atoms with Crippen molar-refractivity contribution in [2.24, 2.45) is 0 Å². The van der Waals surface area contributed by atoms with E-state index in [1.165, 1.54) is 0 Å². The largest absolute Gasteiger partial charge is 1.00 e. The summed E-state index contributed by atoms with van der Waals surface area (Å²) in [4.78, 5) is 32.3. The van der Waals surface area contributed by atoms with Crippen molar-refractivity contribution in [3.8, 4) is 0 Å². The van der Waals surface area contributed by atoms with Crippen molar-refractivity contribution in [3.63, 3.8) is 0 Å². The van der Waals surface area contributed by atoms with Crippen LogP contribution in [0.25, 0.3) is 0 Å². The second-order valence-electron chi connectivity index (χ2n) is 1.69. The molecule has 72 valence electrons. The Morgan fingerprint density at radius 2 is 0.800 bits per heavy atom. The summed E-state index contributed by atoms with van der Waals surface area (Å²) in [6.07, 6.45) is 0. The average molecular weight is 304 g/mol. The number of aromatic nitrogens is 3. The van der Waals surface area contributed by atoms with E-state index in [0.29, 0.717) is 0 Å². The minimum Gasteiger partial charge on any atom is -1.00 e. The molecule has 1 aromatic heterocycles. The summed E-state index contributed by atoms with van der Waals surface area (Å²) in [6.45, 7) is 0. The predicted octanol–water partition coefficient (Wildman–Crippen LogP) is -9.47. The third-order valence-corrected chi connectivity index (χ3v) is 1.88. The minimum absolute atomic E-state index is 0. The van der Waals surface area contributed by atoms with E-state index < -0.39 is 17.1 Å². The fraction of sp³-hybridized carbons (Fsp3) is 0. The van der Waals surface area contributed by atoms with Gasteiger partial charge in [0.1, 0.15) is 0 Å². The summed E-state index contributed by atoms with van der Waals surface area (Å²) in [5.41, 5.74) is -3.49. The molecule has 0 unspecified atom stereocenters. The number of rotatable bonds is 0. The van der Waals surface area contributed by atoms with Gasteiger partial charge in [-0.05, 0) is 0 Å². The minimum atomic E-state index is -1.16. The van der Waals surface area contributed by atoms with Crippen molar-refractivity contribution >= 4 is 35.3 Å². The van der Waals surface area contributed by atoms with E-state index in [1.54, 1.807) is 0 Å². The zero-order valence-electron chi connectivity index (χ0n) is 11.2. The van der Waals surface area contributed by atoms with Gasteiger partial charge in [0.15, 0.2) is 0 Å². The number of hydrogen-bond donors (Lipinski definition) is 0. The van der Waals surface area contributed by atoms with Crippen LogP contribution in [0.3, 0.4) is 0 Å². The topological polar surface area (TPSA) is 66.0 Å². The van der Waals surface area contributed by atoms with E-state index in [2.05, 4.69) is 0 Å². The van der Waals surface area contributed by atoms with Crippen LogP contribution < -0.4 is 106 Å². The standard InChI is InChI=1S/C3Cl3N3O3.3Na.3H/c4-7-1(10)8(5)3(12)9(6)2(7)11;;;;;;/q;3*+1;3*-1. The first-order valence-corrected chi connectivity index (χ1v) is 3.48. The van der Waals surface area contributed by atoms with Gasteiger partial charge in [0.05, 0.1) is 0 Å². The van der Waals surface area contributed by atoms with E-state index in [-0.39, 0.29) is 105 Å². The molecule has 0 N–H and O–H groups in total. The predicted molar refractivity (Wildman–Crippen MR) is 46.3 cm³/mol. The van der Waals surface area contributed by atoms with Gasteiger partial charge in [-0.1, -0.05) is 0 Å². The molecule has 15 heavy (non-hydrogen) atoms. The molecule has 6 nitrogen and oxygen atoms in total. The van der Waals surface area contributed by atoms with Gasteiger partial charge in [0.2, 0.25) is 0 Å².